The van der Waals surface area contributed by atoms with E-state index in [4.69, 9.17) is 21.1 Å². The number of nitrogens with one attached hydrogen (secondary N) is 1. The maximum Gasteiger partial charge on any atom is 0.338 e. The van der Waals surface area contributed by atoms with Crippen molar-refractivity contribution in [2.24, 2.45) is 0 Å². The van der Waals surface area contributed by atoms with Crippen molar-refractivity contribution >= 4 is 34.9 Å². The normalized spacial score (nSPS) is 11.5. The SMILES string of the molecule is CCCCCCCCCCCCOC(=O)c1cccc(NC(=O)C(Cl)C(=O)c2ccc(OC)cc2)c1. The standard InChI is InChI=1S/C29H38ClNO5/c1-3-4-5-6-7-8-9-10-11-12-20-36-29(34)23-14-13-15-24(21-23)31-28(33)26(30)27(32)22-16-18-25(35-2)19-17-22/h13-19,21,26H,3-12,20H2,1-2H3,(H,31,33). The fourth-order valence-electron chi connectivity index (χ4n) is 3.79. The summed E-state index contributed by atoms with van der Waals surface area (Å²) in [4.78, 5) is 37.4. The number of carbonyl (C=O) groups is 3. The molecule has 0 spiro atoms. The van der Waals surface area contributed by atoms with E-state index in [1.807, 2.05) is 0 Å². The predicted molar refractivity (Wildman–Crippen MR) is 144 cm³/mol. The minimum atomic E-state index is -1.41. The third kappa shape index (κ3) is 10.4. The van der Waals surface area contributed by atoms with Gasteiger partial charge in [0, 0.05) is 11.3 Å². The van der Waals surface area contributed by atoms with E-state index in [1.54, 1.807) is 42.5 Å². The van der Waals surface area contributed by atoms with Gasteiger partial charge in [0.05, 0.1) is 19.3 Å². The van der Waals surface area contributed by atoms with Gasteiger partial charge in [-0.2, -0.15) is 0 Å². The number of anilines is 1. The third-order valence-corrected chi connectivity index (χ3v) is 6.33. The van der Waals surface area contributed by atoms with Crippen molar-refractivity contribution in [3.05, 3.63) is 59.7 Å². The lowest BCUT2D eigenvalue weighted by Crippen LogP contribution is -2.30. The van der Waals surface area contributed by atoms with Crippen molar-refractivity contribution in [2.75, 3.05) is 19.0 Å². The lowest BCUT2D eigenvalue weighted by Gasteiger charge is -2.11. The Labute approximate surface area is 219 Å². The van der Waals surface area contributed by atoms with Crippen LogP contribution in [0.15, 0.2) is 48.5 Å². The molecule has 2 aromatic rings. The number of ether oxygens (including phenoxy) is 2. The molecule has 0 aromatic heterocycles. The van der Waals surface area contributed by atoms with Crippen molar-refractivity contribution in [1.82, 2.24) is 0 Å². The van der Waals surface area contributed by atoms with Crippen LogP contribution in [0.25, 0.3) is 0 Å². The number of carbonyl (C=O) groups excluding carboxylic acids is 3. The summed E-state index contributed by atoms with van der Waals surface area (Å²) in [5.74, 6) is -1.05. The maximum atomic E-state index is 12.5. The van der Waals surface area contributed by atoms with Gasteiger partial charge in [-0.3, -0.25) is 9.59 Å². The number of hydrogen-bond donors (Lipinski definition) is 1. The Hall–Kier alpha value is -2.86. The summed E-state index contributed by atoms with van der Waals surface area (Å²) in [6.45, 7) is 2.60. The molecule has 36 heavy (non-hydrogen) atoms. The van der Waals surface area contributed by atoms with Gasteiger partial charge in [0.25, 0.3) is 0 Å². The zero-order valence-electron chi connectivity index (χ0n) is 21.4. The lowest BCUT2D eigenvalue weighted by atomic mass is 10.1. The highest BCUT2D eigenvalue weighted by Crippen LogP contribution is 2.18. The van der Waals surface area contributed by atoms with Gasteiger partial charge >= 0.3 is 5.97 Å². The van der Waals surface area contributed by atoms with Crippen molar-refractivity contribution in [3.63, 3.8) is 0 Å². The van der Waals surface area contributed by atoms with E-state index >= 15 is 0 Å². The first-order valence-electron chi connectivity index (χ1n) is 12.9. The van der Waals surface area contributed by atoms with E-state index in [0.29, 0.717) is 29.2 Å². The Bertz CT molecular complexity index is 960. The number of ketones is 1. The van der Waals surface area contributed by atoms with Crippen LogP contribution < -0.4 is 10.1 Å². The van der Waals surface area contributed by atoms with E-state index < -0.39 is 23.0 Å². The molecule has 196 valence electrons. The fourth-order valence-corrected chi connectivity index (χ4v) is 3.97. The molecule has 0 heterocycles. The minimum absolute atomic E-state index is 0.301. The number of methoxy groups -OCH3 is 1. The van der Waals surface area contributed by atoms with Crippen LogP contribution in [0.3, 0.4) is 0 Å². The van der Waals surface area contributed by atoms with Gasteiger partial charge in [-0.25, -0.2) is 4.79 Å². The molecule has 1 unspecified atom stereocenters. The van der Waals surface area contributed by atoms with Crippen molar-refractivity contribution in [2.45, 2.75) is 76.5 Å². The quantitative estimate of drug-likeness (QED) is 0.0791. The first kappa shape index (κ1) is 29.4. The molecule has 1 atom stereocenters. The molecule has 1 N–H and O–H groups in total. The molecule has 0 aliphatic carbocycles. The number of hydrogen-bond acceptors (Lipinski definition) is 5. The number of benzene rings is 2. The molecule has 0 fully saturated rings. The number of Topliss-reactive ketones (excluding diaryl/α,β-unsaturated/α-hetero) is 1. The lowest BCUT2D eigenvalue weighted by molar-refractivity contribution is -0.115. The third-order valence-electron chi connectivity index (χ3n) is 5.93. The number of rotatable bonds is 17. The van der Waals surface area contributed by atoms with Crippen LogP contribution in [0.1, 0.15) is 91.8 Å². The predicted octanol–water partition coefficient (Wildman–Crippen LogP) is 7.20. The molecule has 6 nitrogen and oxygen atoms in total. The summed E-state index contributed by atoms with van der Waals surface area (Å²) in [6.07, 6.45) is 12.1. The summed E-state index contributed by atoms with van der Waals surface area (Å²) in [6, 6.07) is 12.8. The van der Waals surface area contributed by atoms with Crippen LogP contribution in [-0.4, -0.2) is 36.8 Å². The van der Waals surface area contributed by atoms with E-state index in [9.17, 15) is 14.4 Å². The van der Waals surface area contributed by atoms with Crippen LogP contribution in [0.4, 0.5) is 5.69 Å². The van der Waals surface area contributed by atoms with Crippen LogP contribution in [0.5, 0.6) is 5.75 Å². The molecule has 0 saturated heterocycles. The van der Waals surface area contributed by atoms with Gasteiger partial charge in [0.2, 0.25) is 5.91 Å². The number of esters is 1. The highest BCUT2D eigenvalue weighted by atomic mass is 35.5. The Morgan fingerprint density at radius 1 is 0.833 bits per heavy atom. The molecular weight excluding hydrogens is 478 g/mol. The van der Waals surface area contributed by atoms with Gasteiger partial charge in [-0.05, 0) is 48.9 Å². The number of unbranched alkanes of at least 4 members (excludes halogenated alkanes) is 9. The average molecular weight is 516 g/mol. The van der Waals surface area contributed by atoms with E-state index in [1.165, 1.54) is 58.1 Å². The number of alkyl halides is 1. The van der Waals surface area contributed by atoms with Crippen molar-refractivity contribution in [3.8, 4) is 5.75 Å². The monoisotopic (exact) mass is 515 g/mol. The van der Waals surface area contributed by atoms with E-state index in [-0.39, 0.29) is 0 Å². The number of amides is 1. The molecule has 0 aliphatic heterocycles. The zero-order chi connectivity index (χ0) is 26.2. The second-order valence-corrected chi connectivity index (χ2v) is 9.28. The molecule has 0 saturated carbocycles. The summed E-state index contributed by atoms with van der Waals surface area (Å²) < 4.78 is 10.4. The van der Waals surface area contributed by atoms with Crippen LogP contribution in [0, 0.1) is 0 Å². The molecule has 2 rings (SSSR count). The second-order valence-electron chi connectivity index (χ2n) is 8.84. The van der Waals surface area contributed by atoms with Crippen LogP contribution in [0.2, 0.25) is 0 Å². The van der Waals surface area contributed by atoms with Gasteiger partial charge in [-0.15, -0.1) is 11.6 Å². The topological polar surface area (TPSA) is 81.7 Å². The van der Waals surface area contributed by atoms with Crippen LogP contribution in [-0.2, 0) is 9.53 Å². The first-order chi connectivity index (χ1) is 17.5. The Balaban J connectivity index is 1.72. The van der Waals surface area contributed by atoms with Crippen LogP contribution >= 0.6 is 11.6 Å². The largest absolute Gasteiger partial charge is 0.497 e. The Kier molecular flexibility index (Phi) is 13.7. The molecule has 0 aliphatic rings. The molecule has 0 radical (unpaired) electrons. The Morgan fingerprint density at radius 2 is 1.44 bits per heavy atom. The summed E-state index contributed by atoms with van der Waals surface area (Å²) in [5.41, 5.74) is 0.990. The summed E-state index contributed by atoms with van der Waals surface area (Å²) in [7, 11) is 1.52. The molecule has 7 heteroatoms. The molecule has 0 bridgehead atoms. The summed E-state index contributed by atoms with van der Waals surface area (Å²) >= 11 is 6.12. The highest BCUT2D eigenvalue weighted by Gasteiger charge is 2.25. The minimum Gasteiger partial charge on any atom is -0.497 e. The molecule has 2 aromatic carbocycles. The maximum absolute atomic E-state index is 12.5. The summed E-state index contributed by atoms with van der Waals surface area (Å²) in [5, 5.41) is 1.19. The second kappa shape index (κ2) is 16.7. The van der Waals surface area contributed by atoms with Crippen molar-refractivity contribution < 1.29 is 23.9 Å². The first-order valence-corrected chi connectivity index (χ1v) is 13.3. The average Bonchev–Trinajstić information content (AvgIpc) is 2.90. The molecular formula is C29H38ClNO5. The highest BCUT2D eigenvalue weighted by molar-refractivity contribution is 6.45. The fraction of sp³-hybridized carbons (Fsp3) is 0.483. The van der Waals surface area contributed by atoms with Gasteiger partial charge in [0.15, 0.2) is 11.2 Å². The van der Waals surface area contributed by atoms with Gasteiger partial charge in [0.1, 0.15) is 5.75 Å². The van der Waals surface area contributed by atoms with E-state index in [0.717, 1.165) is 19.3 Å². The smallest absolute Gasteiger partial charge is 0.338 e. The van der Waals surface area contributed by atoms with Crippen molar-refractivity contribution in [1.29, 1.82) is 0 Å². The Morgan fingerprint density at radius 3 is 2.06 bits per heavy atom. The number of halogens is 1. The molecule has 1 amide bonds. The van der Waals surface area contributed by atoms with E-state index in [2.05, 4.69) is 12.2 Å². The van der Waals surface area contributed by atoms with Gasteiger partial charge < -0.3 is 14.8 Å². The van der Waals surface area contributed by atoms with Gasteiger partial charge in [-0.1, -0.05) is 70.8 Å². The zero-order valence-corrected chi connectivity index (χ0v) is 22.1.